The van der Waals surface area contributed by atoms with Crippen molar-refractivity contribution in [3.8, 4) is 0 Å². The molecule has 0 amide bonds. The summed E-state index contributed by atoms with van der Waals surface area (Å²) in [7, 11) is -2.42. The van der Waals surface area contributed by atoms with Crippen molar-refractivity contribution in [2.75, 3.05) is 0 Å². The van der Waals surface area contributed by atoms with Gasteiger partial charge in [0.25, 0.3) is 0 Å². The fourth-order valence-corrected chi connectivity index (χ4v) is 7.38. The van der Waals surface area contributed by atoms with Crippen LogP contribution in [0.25, 0.3) is 0 Å². The smallest absolute Gasteiger partial charge is 0.449 e. The van der Waals surface area contributed by atoms with E-state index in [1.807, 2.05) is 30.3 Å². The van der Waals surface area contributed by atoms with Crippen LogP contribution in [0.5, 0.6) is 0 Å². The zero-order valence-electron chi connectivity index (χ0n) is 21.2. The first-order valence-corrected chi connectivity index (χ1v) is 14.6. The van der Waals surface area contributed by atoms with Gasteiger partial charge in [0.15, 0.2) is 0 Å². The molecular weight excluding hydrogens is 452 g/mol. The molecule has 0 heterocycles. The topological polar surface area (TPSA) is 46.5 Å². The Bertz CT molecular complexity index is 958. The highest BCUT2D eigenvalue weighted by Gasteiger charge is 2.35. The van der Waals surface area contributed by atoms with Gasteiger partial charge in [-0.15, -0.1) is 0 Å². The van der Waals surface area contributed by atoms with Gasteiger partial charge in [-0.05, 0) is 83.5 Å². The van der Waals surface area contributed by atoms with Gasteiger partial charge in [0.1, 0.15) is 0 Å². The quantitative estimate of drug-likeness (QED) is 0.228. The molecular formula is C31H40O3S. The Hall–Kier alpha value is -2.72. The molecule has 3 aromatic carbocycles. The average molecular weight is 493 g/mol. The SMILES string of the molecule is CCCCCCc1ccc(S(OC(=O)O)(c2ccccc2)c2ccc(CCCCCC)cc2)cc1. The number of benzene rings is 3. The van der Waals surface area contributed by atoms with Crippen LogP contribution in [0.4, 0.5) is 4.79 Å². The van der Waals surface area contributed by atoms with Crippen LogP contribution in [0.1, 0.15) is 76.3 Å². The largest absolute Gasteiger partial charge is 0.517 e. The summed E-state index contributed by atoms with van der Waals surface area (Å²) in [6, 6.07) is 26.6. The molecule has 0 aromatic heterocycles. The second-order valence-corrected chi connectivity index (χ2v) is 11.8. The summed E-state index contributed by atoms with van der Waals surface area (Å²) in [5.41, 5.74) is 2.56. The molecule has 188 valence electrons. The average Bonchev–Trinajstić information content (AvgIpc) is 2.89. The Kier molecular flexibility index (Phi) is 10.7. The second kappa shape index (κ2) is 14.0. The molecule has 0 fully saturated rings. The van der Waals surface area contributed by atoms with Gasteiger partial charge >= 0.3 is 6.16 Å². The predicted octanol–water partition coefficient (Wildman–Crippen LogP) is 9.82. The first kappa shape index (κ1) is 26.9. The maximum absolute atomic E-state index is 12.1. The first-order chi connectivity index (χ1) is 17.1. The Balaban J connectivity index is 1.97. The summed E-state index contributed by atoms with van der Waals surface area (Å²) in [6.45, 7) is 4.45. The van der Waals surface area contributed by atoms with Crippen molar-refractivity contribution in [2.24, 2.45) is 0 Å². The van der Waals surface area contributed by atoms with Gasteiger partial charge in [-0.2, -0.15) is 0 Å². The van der Waals surface area contributed by atoms with Gasteiger partial charge in [0, 0.05) is 14.7 Å². The lowest BCUT2D eigenvalue weighted by Gasteiger charge is -2.38. The molecule has 3 rings (SSSR count). The van der Waals surface area contributed by atoms with Crippen LogP contribution in [0.3, 0.4) is 0 Å². The molecule has 0 aliphatic heterocycles. The molecule has 0 atom stereocenters. The number of rotatable bonds is 14. The van der Waals surface area contributed by atoms with Gasteiger partial charge in [0.2, 0.25) is 0 Å². The van der Waals surface area contributed by atoms with Crippen LogP contribution < -0.4 is 0 Å². The fraction of sp³-hybridized carbons (Fsp3) is 0.387. The molecule has 0 saturated heterocycles. The molecule has 0 bridgehead atoms. The van der Waals surface area contributed by atoms with E-state index in [0.29, 0.717) is 0 Å². The number of carboxylic acid groups (broad SMARTS) is 1. The molecule has 1 N–H and O–H groups in total. The maximum Gasteiger partial charge on any atom is 0.517 e. The van der Waals surface area contributed by atoms with E-state index in [4.69, 9.17) is 4.18 Å². The number of hydrogen-bond donors (Lipinski definition) is 1. The molecule has 0 spiro atoms. The molecule has 0 unspecified atom stereocenters. The standard InChI is InChI=1S/C31H40O3S/c1-3-5-7-10-14-26-18-22-29(23-19-26)35(34-31(32)33,28-16-12-9-13-17-28)30-24-20-27(21-25-30)15-11-8-6-4-2/h9,12-13,16-25H,3-8,10-11,14-15H2,1-2H3,(H,32,33). The van der Waals surface area contributed by atoms with Gasteiger partial charge in [0.05, 0.1) is 0 Å². The lowest BCUT2D eigenvalue weighted by Crippen LogP contribution is -2.12. The molecule has 0 aliphatic carbocycles. The highest BCUT2D eigenvalue weighted by Crippen LogP contribution is 2.69. The summed E-state index contributed by atoms with van der Waals surface area (Å²) in [5.74, 6) is 0. The minimum atomic E-state index is -2.42. The number of carbonyl (C=O) groups is 1. The zero-order valence-corrected chi connectivity index (χ0v) is 22.1. The highest BCUT2D eigenvalue weighted by molar-refractivity contribution is 8.30. The molecule has 3 aromatic rings. The lowest BCUT2D eigenvalue weighted by molar-refractivity contribution is 0.150. The van der Waals surface area contributed by atoms with Crippen LogP contribution in [0.15, 0.2) is 93.5 Å². The van der Waals surface area contributed by atoms with Crippen LogP contribution >= 0.6 is 10.3 Å². The monoisotopic (exact) mass is 492 g/mol. The van der Waals surface area contributed by atoms with Crippen LogP contribution in [0, 0.1) is 0 Å². The Morgan fingerprint density at radius 1 is 0.629 bits per heavy atom. The summed E-state index contributed by atoms with van der Waals surface area (Å²) in [4.78, 5) is 14.8. The number of unbranched alkanes of at least 4 members (excludes halogenated alkanes) is 6. The van der Waals surface area contributed by atoms with E-state index in [9.17, 15) is 9.90 Å². The second-order valence-electron chi connectivity index (χ2n) is 9.13. The minimum Gasteiger partial charge on any atom is -0.449 e. The van der Waals surface area contributed by atoms with Crippen molar-refractivity contribution in [3.63, 3.8) is 0 Å². The molecule has 0 radical (unpaired) electrons. The Morgan fingerprint density at radius 3 is 1.46 bits per heavy atom. The van der Waals surface area contributed by atoms with E-state index >= 15 is 0 Å². The Labute approximate surface area is 213 Å². The third-order valence-electron chi connectivity index (χ3n) is 6.42. The van der Waals surface area contributed by atoms with Crippen molar-refractivity contribution < 1.29 is 14.1 Å². The van der Waals surface area contributed by atoms with E-state index in [0.717, 1.165) is 27.5 Å². The third-order valence-corrected chi connectivity index (χ3v) is 9.62. The van der Waals surface area contributed by atoms with E-state index in [-0.39, 0.29) is 0 Å². The zero-order chi connectivity index (χ0) is 24.9. The summed E-state index contributed by atoms with van der Waals surface area (Å²) < 4.78 is 5.90. The van der Waals surface area contributed by atoms with Gasteiger partial charge < -0.3 is 9.29 Å². The molecule has 3 nitrogen and oxygen atoms in total. The highest BCUT2D eigenvalue weighted by atomic mass is 32.3. The predicted molar refractivity (Wildman–Crippen MR) is 147 cm³/mol. The van der Waals surface area contributed by atoms with Crippen LogP contribution in [-0.2, 0) is 17.0 Å². The van der Waals surface area contributed by atoms with Crippen molar-refractivity contribution in [1.29, 1.82) is 0 Å². The van der Waals surface area contributed by atoms with E-state index in [1.54, 1.807) is 0 Å². The summed E-state index contributed by atoms with van der Waals surface area (Å²) in [6.07, 6.45) is 10.6. The van der Waals surface area contributed by atoms with Crippen LogP contribution in [0.2, 0.25) is 0 Å². The van der Waals surface area contributed by atoms with Crippen molar-refractivity contribution in [1.82, 2.24) is 0 Å². The van der Waals surface area contributed by atoms with Crippen molar-refractivity contribution in [3.05, 3.63) is 90.0 Å². The molecule has 4 heteroatoms. The van der Waals surface area contributed by atoms with E-state index < -0.39 is 16.5 Å². The molecule has 0 aliphatic rings. The third kappa shape index (κ3) is 7.38. The minimum absolute atomic E-state index is 0.883. The van der Waals surface area contributed by atoms with Crippen LogP contribution in [-0.4, -0.2) is 11.3 Å². The lowest BCUT2D eigenvalue weighted by atomic mass is 10.1. The fourth-order valence-electron chi connectivity index (χ4n) is 4.48. The first-order valence-electron chi connectivity index (χ1n) is 13.1. The van der Waals surface area contributed by atoms with Crippen molar-refractivity contribution in [2.45, 2.75) is 92.7 Å². The van der Waals surface area contributed by atoms with Crippen molar-refractivity contribution >= 4 is 16.5 Å². The van der Waals surface area contributed by atoms with E-state index in [1.165, 1.54) is 62.5 Å². The van der Waals surface area contributed by atoms with Gasteiger partial charge in [-0.3, -0.25) is 0 Å². The molecule has 0 saturated carbocycles. The van der Waals surface area contributed by atoms with Gasteiger partial charge in [-0.25, -0.2) is 4.79 Å². The number of hydrogen-bond acceptors (Lipinski definition) is 2. The summed E-state index contributed by atoms with van der Waals surface area (Å²) in [5, 5.41) is 9.87. The number of aryl methyl sites for hydroxylation is 2. The maximum atomic E-state index is 12.1. The molecule has 35 heavy (non-hydrogen) atoms. The Morgan fingerprint density at radius 2 is 1.06 bits per heavy atom. The normalized spacial score (nSPS) is 11.8. The summed E-state index contributed by atoms with van der Waals surface area (Å²) >= 11 is 0. The van der Waals surface area contributed by atoms with Gasteiger partial charge in [-0.1, -0.05) is 94.8 Å². The van der Waals surface area contributed by atoms with E-state index in [2.05, 4.69) is 62.4 Å².